The first-order valence-corrected chi connectivity index (χ1v) is 7.98. The number of rotatable bonds is 5. The molecular weight excluding hydrogens is 286 g/mol. The molecule has 1 aromatic rings. The van der Waals surface area contributed by atoms with Crippen LogP contribution in [-0.2, 0) is 6.42 Å². The molecule has 1 amide bonds. The third-order valence-corrected chi connectivity index (χ3v) is 4.16. The Labute approximate surface area is 132 Å². The molecule has 0 N–H and O–H groups in total. The number of aromatic nitrogens is 1. The summed E-state index contributed by atoms with van der Waals surface area (Å²) in [4.78, 5) is 20.9. The number of likely N-dealkylation sites (tertiary alicyclic amines) is 1. The Balaban J connectivity index is 2.04. The molecule has 0 saturated carbocycles. The van der Waals surface area contributed by atoms with Crippen molar-refractivity contribution in [3.8, 4) is 0 Å². The molecule has 5 heteroatoms. The Morgan fingerprint density at radius 1 is 1.52 bits per heavy atom. The van der Waals surface area contributed by atoms with Crippen molar-refractivity contribution in [3.63, 3.8) is 0 Å². The van der Waals surface area contributed by atoms with E-state index in [4.69, 9.17) is 11.6 Å². The first kappa shape index (κ1) is 16.2. The molecule has 4 nitrogen and oxygen atoms in total. The minimum Gasteiger partial charge on any atom is -0.341 e. The van der Waals surface area contributed by atoms with Crippen LogP contribution >= 0.6 is 11.6 Å². The molecule has 1 saturated heterocycles. The van der Waals surface area contributed by atoms with Crippen molar-refractivity contribution in [1.82, 2.24) is 14.8 Å². The fourth-order valence-corrected chi connectivity index (χ4v) is 3.15. The molecule has 1 aromatic heterocycles. The second-order valence-electron chi connectivity index (χ2n) is 6.02. The number of amides is 1. The minimum atomic E-state index is 0.0335. The summed E-state index contributed by atoms with van der Waals surface area (Å²) < 4.78 is 0. The lowest BCUT2D eigenvalue weighted by atomic mass is 10.1. The van der Waals surface area contributed by atoms with Crippen LogP contribution in [-0.4, -0.2) is 54.4 Å². The van der Waals surface area contributed by atoms with Gasteiger partial charge in [-0.15, -0.1) is 0 Å². The van der Waals surface area contributed by atoms with Gasteiger partial charge in [0.2, 0.25) is 0 Å². The molecule has 2 heterocycles. The molecule has 1 aliphatic heterocycles. The van der Waals surface area contributed by atoms with E-state index >= 15 is 0 Å². The van der Waals surface area contributed by atoms with E-state index in [9.17, 15) is 4.79 Å². The first-order valence-electron chi connectivity index (χ1n) is 7.60. The van der Waals surface area contributed by atoms with Gasteiger partial charge in [-0.1, -0.05) is 24.9 Å². The van der Waals surface area contributed by atoms with Crippen molar-refractivity contribution in [2.75, 3.05) is 33.7 Å². The van der Waals surface area contributed by atoms with Crippen molar-refractivity contribution < 1.29 is 4.79 Å². The second kappa shape index (κ2) is 7.23. The van der Waals surface area contributed by atoms with Gasteiger partial charge in [0, 0.05) is 31.4 Å². The maximum absolute atomic E-state index is 12.5. The maximum atomic E-state index is 12.5. The fourth-order valence-electron chi connectivity index (χ4n) is 2.92. The lowest BCUT2D eigenvalue weighted by Gasteiger charge is -2.21. The van der Waals surface area contributed by atoms with Gasteiger partial charge in [0.25, 0.3) is 5.91 Å². The Morgan fingerprint density at radius 3 is 2.90 bits per heavy atom. The quantitative estimate of drug-likeness (QED) is 0.785. The summed E-state index contributed by atoms with van der Waals surface area (Å²) in [5, 5.41) is 0.401. The zero-order chi connectivity index (χ0) is 15.4. The zero-order valence-electron chi connectivity index (χ0n) is 13.1. The highest BCUT2D eigenvalue weighted by Crippen LogP contribution is 2.18. The Hall–Kier alpha value is -1.13. The van der Waals surface area contributed by atoms with E-state index in [1.807, 2.05) is 18.0 Å². The average Bonchev–Trinajstić information content (AvgIpc) is 2.83. The third kappa shape index (κ3) is 4.42. The predicted octanol–water partition coefficient (Wildman–Crippen LogP) is 2.71. The lowest BCUT2D eigenvalue weighted by Crippen LogP contribution is -2.33. The molecule has 21 heavy (non-hydrogen) atoms. The fraction of sp³-hybridized carbons (Fsp3) is 0.625. The monoisotopic (exact) mass is 309 g/mol. The Kier molecular flexibility index (Phi) is 5.59. The summed E-state index contributed by atoms with van der Waals surface area (Å²) in [6, 6.07) is 3.54. The smallest absolute Gasteiger partial charge is 0.253 e. The number of hydrogen-bond acceptors (Lipinski definition) is 3. The largest absolute Gasteiger partial charge is 0.341 e. The van der Waals surface area contributed by atoms with Crippen molar-refractivity contribution >= 4 is 17.5 Å². The average molecular weight is 310 g/mol. The number of carbonyl (C=O) groups is 1. The van der Waals surface area contributed by atoms with Crippen molar-refractivity contribution in [2.45, 2.75) is 26.2 Å². The van der Waals surface area contributed by atoms with Gasteiger partial charge in [-0.2, -0.15) is 0 Å². The molecule has 0 bridgehead atoms. The summed E-state index contributed by atoms with van der Waals surface area (Å²) >= 11 is 6.04. The van der Waals surface area contributed by atoms with E-state index in [2.05, 4.69) is 23.9 Å². The topological polar surface area (TPSA) is 36.4 Å². The summed E-state index contributed by atoms with van der Waals surface area (Å²) in [6.07, 6.45) is 3.00. The van der Waals surface area contributed by atoms with Gasteiger partial charge < -0.3 is 9.80 Å². The minimum absolute atomic E-state index is 0.0335. The summed E-state index contributed by atoms with van der Waals surface area (Å²) in [5.41, 5.74) is 1.54. The van der Waals surface area contributed by atoms with Crippen LogP contribution in [0.4, 0.5) is 0 Å². The predicted molar refractivity (Wildman–Crippen MR) is 85.8 cm³/mol. The number of nitrogens with zero attached hydrogens (tertiary/aromatic N) is 3. The van der Waals surface area contributed by atoms with Crippen LogP contribution in [0.1, 0.15) is 35.8 Å². The van der Waals surface area contributed by atoms with Gasteiger partial charge in [-0.25, -0.2) is 4.98 Å². The van der Waals surface area contributed by atoms with E-state index in [0.717, 1.165) is 44.6 Å². The van der Waals surface area contributed by atoms with Crippen molar-refractivity contribution in [3.05, 3.63) is 28.5 Å². The standard InChI is InChI=1S/C16H24ClN3O/c1-4-5-14-8-13(9-15(17)18-14)16(21)20(3)11-12-6-7-19(2)10-12/h8-9,12H,4-7,10-11H2,1-3H3. The van der Waals surface area contributed by atoms with Crippen LogP contribution in [0.15, 0.2) is 12.1 Å². The third-order valence-electron chi connectivity index (χ3n) is 3.97. The van der Waals surface area contributed by atoms with Crippen LogP contribution < -0.4 is 0 Å². The molecule has 1 aliphatic rings. The SMILES string of the molecule is CCCc1cc(C(=O)N(C)CC2CCN(C)C2)cc(Cl)n1. The summed E-state index contributed by atoms with van der Waals surface area (Å²) in [6.45, 7) is 5.07. The molecule has 1 atom stereocenters. The van der Waals surface area contributed by atoms with E-state index in [1.165, 1.54) is 0 Å². The summed E-state index contributed by atoms with van der Waals surface area (Å²) in [7, 11) is 4.00. The molecule has 0 spiro atoms. The Morgan fingerprint density at radius 2 is 2.29 bits per heavy atom. The molecule has 0 aromatic carbocycles. The molecule has 1 unspecified atom stereocenters. The van der Waals surface area contributed by atoms with Gasteiger partial charge in [0.15, 0.2) is 0 Å². The van der Waals surface area contributed by atoms with Crippen molar-refractivity contribution in [2.24, 2.45) is 5.92 Å². The Bertz CT molecular complexity index is 506. The van der Waals surface area contributed by atoms with E-state index in [0.29, 0.717) is 16.6 Å². The van der Waals surface area contributed by atoms with Crippen LogP contribution in [0.5, 0.6) is 0 Å². The number of hydrogen-bond donors (Lipinski definition) is 0. The lowest BCUT2D eigenvalue weighted by molar-refractivity contribution is 0.0774. The number of aryl methyl sites for hydroxylation is 1. The molecule has 116 valence electrons. The van der Waals surface area contributed by atoms with Gasteiger partial charge in [-0.05, 0) is 44.5 Å². The van der Waals surface area contributed by atoms with Crippen LogP contribution in [0.25, 0.3) is 0 Å². The molecule has 0 radical (unpaired) electrons. The van der Waals surface area contributed by atoms with Crippen LogP contribution in [0.3, 0.4) is 0 Å². The molecule has 0 aliphatic carbocycles. The number of carbonyl (C=O) groups excluding carboxylic acids is 1. The van der Waals surface area contributed by atoms with Crippen LogP contribution in [0, 0.1) is 5.92 Å². The van der Waals surface area contributed by atoms with Crippen molar-refractivity contribution in [1.29, 1.82) is 0 Å². The normalized spacial score (nSPS) is 19.0. The van der Waals surface area contributed by atoms with Gasteiger partial charge >= 0.3 is 0 Å². The maximum Gasteiger partial charge on any atom is 0.253 e. The van der Waals surface area contributed by atoms with E-state index in [1.54, 1.807) is 6.07 Å². The van der Waals surface area contributed by atoms with E-state index in [-0.39, 0.29) is 5.91 Å². The molecular formula is C16H24ClN3O. The summed E-state index contributed by atoms with van der Waals surface area (Å²) in [5.74, 6) is 0.600. The molecule has 2 rings (SSSR count). The van der Waals surface area contributed by atoms with Gasteiger partial charge in [0.05, 0.1) is 0 Å². The number of halogens is 1. The van der Waals surface area contributed by atoms with Gasteiger partial charge in [-0.3, -0.25) is 4.79 Å². The molecule has 1 fully saturated rings. The highest BCUT2D eigenvalue weighted by atomic mass is 35.5. The zero-order valence-corrected chi connectivity index (χ0v) is 13.9. The van der Waals surface area contributed by atoms with Crippen LogP contribution in [0.2, 0.25) is 5.15 Å². The van der Waals surface area contributed by atoms with E-state index < -0.39 is 0 Å². The number of pyridine rings is 1. The highest BCUT2D eigenvalue weighted by Gasteiger charge is 2.23. The second-order valence-corrected chi connectivity index (χ2v) is 6.41. The highest BCUT2D eigenvalue weighted by molar-refractivity contribution is 6.29. The van der Waals surface area contributed by atoms with Gasteiger partial charge in [0.1, 0.15) is 5.15 Å². The first-order chi connectivity index (χ1) is 9.99.